The van der Waals surface area contributed by atoms with E-state index in [0.717, 1.165) is 0 Å². The Morgan fingerprint density at radius 3 is 2.75 bits per heavy atom. The monoisotopic (exact) mass is 316 g/mol. The molecule has 1 aromatic heterocycles. The molecule has 0 saturated carbocycles. The van der Waals surface area contributed by atoms with Crippen molar-refractivity contribution in [3.05, 3.63) is 11.3 Å². The van der Waals surface area contributed by atoms with Gasteiger partial charge in [-0.05, 0) is 6.92 Å². The average molecular weight is 317 g/mol. The number of halogens is 1. The highest BCUT2D eigenvalue weighted by Gasteiger charge is 2.36. The highest BCUT2D eigenvalue weighted by atomic mass is 35.7. The van der Waals surface area contributed by atoms with Gasteiger partial charge in [0.15, 0.2) is 5.82 Å². The summed E-state index contributed by atoms with van der Waals surface area (Å²) in [5, 5.41) is 13.3. The Labute approximate surface area is 121 Å². The van der Waals surface area contributed by atoms with Crippen LogP contribution < -0.4 is 4.90 Å². The Bertz CT molecular complexity index is 704. The predicted octanol–water partition coefficient (Wildman–Crippen LogP) is 0.522. The van der Waals surface area contributed by atoms with Crippen LogP contribution in [0.1, 0.15) is 17.7 Å². The molecule has 0 radical (unpaired) electrons. The van der Waals surface area contributed by atoms with E-state index >= 15 is 0 Å². The summed E-state index contributed by atoms with van der Waals surface area (Å²) in [7, 11) is 3.21. The third-order valence-electron chi connectivity index (χ3n) is 3.20. The molecule has 1 unspecified atom stereocenters. The molecule has 9 heteroatoms. The number of carbonyl (C=O) groups excluding carboxylic acids is 1. The molecule has 108 valence electrons. The first-order valence-electron chi connectivity index (χ1n) is 5.89. The van der Waals surface area contributed by atoms with Gasteiger partial charge in [-0.15, -0.1) is 0 Å². The van der Waals surface area contributed by atoms with Crippen LogP contribution in [0.4, 0.5) is 5.82 Å². The fourth-order valence-corrected chi connectivity index (χ4v) is 3.79. The first kappa shape index (κ1) is 14.8. The van der Waals surface area contributed by atoms with E-state index in [1.807, 2.05) is 6.07 Å². The van der Waals surface area contributed by atoms with E-state index in [4.69, 9.17) is 15.9 Å². The number of rotatable bonds is 3. The van der Waals surface area contributed by atoms with Gasteiger partial charge in [-0.3, -0.25) is 14.4 Å². The van der Waals surface area contributed by atoms with Crippen molar-refractivity contribution in [1.29, 1.82) is 5.26 Å². The predicted molar refractivity (Wildman–Crippen MR) is 72.8 cm³/mol. The summed E-state index contributed by atoms with van der Waals surface area (Å²) in [6, 6.07) is 2.02. The lowest BCUT2D eigenvalue weighted by molar-refractivity contribution is -0.117. The van der Waals surface area contributed by atoms with Crippen molar-refractivity contribution in [3.8, 4) is 6.07 Å². The standard InChI is InChI=1S/C11H13ClN4O3S/c1-7-9(4-13)11(15(2)14-7)16-5-8(3-10(16)17)6-20(12,18)19/h8H,3,5-6H2,1-2H3. The maximum Gasteiger partial charge on any atom is 0.232 e. The largest absolute Gasteiger partial charge is 0.296 e. The normalized spacial score (nSPS) is 19.4. The minimum Gasteiger partial charge on any atom is -0.296 e. The third kappa shape index (κ3) is 2.78. The van der Waals surface area contributed by atoms with Crippen LogP contribution in [0.2, 0.25) is 0 Å². The van der Waals surface area contributed by atoms with E-state index in [0.29, 0.717) is 17.1 Å². The molecule has 0 aliphatic carbocycles. The Kier molecular flexibility index (Phi) is 3.75. The van der Waals surface area contributed by atoms with Gasteiger partial charge in [0, 0.05) is 36.6 Å². The summed E-state index contributed by atoms with van der Waals surface area (Å²) in [5.41, 5.74) is 0.862. The summed E-state index contributed by atoms with van der Waals surface area (Å²) in [5.74, 6) is -0.443. The lowest BCUT2D eigenvalue weighted by atomic mass is 10.1. The molecule has 20 heavy (non-hydrogen) atoms. The van der Waals surface area contributed by atoms with Crippen molar-refractivity contribution in [3.63, 3.8) is 0 Å². The molecule has 0 spiro atoms. The fourth-order valence-electron chi connectivity index (χ4n) is 2.47. The van der Waals surface area contributed by atoms with Gasteiger partial charge in [0.25, 0.3) is 0 Å². The summed E-state index contributed by atoms with van der Waals surface area (Å²) < 4.78 is 23.7. The average Bonchev–Trinajstić information content (AvgIpc) is 2.76. The van der Waals surface area contributed by atoms with Crippen molar-refractivity contribution >= 4 is 31.5 Å². The Hall–Kier alpha value is -1.59. The molecule has 1 saturated heterocycles. The van der Waals surface area contributed by atoms with E-state index in [1.165, 1.54) is 9.58 Å². The minimum atomic E-state index is -3.65. The molecule has 0 bridgehead atoms. The van der Waals surface area contributed by atoms with Gasteiger partial charge < -0.3 is 0 Å². The lowest BCUT2D eigenvalue weighted by Crippen LogP contribution is -2.28. The maximum atomic E-state index is 12.0. The SMILES string of the molecule is Cc1nn(C)c(N2CC(CS(=O)(=O)Cl)CC2=O)c1C#N. The molecule has 2 heterocycles. The first-order chi connectivity index (χ1) is 9.23. The van der Waals surface area contributed by atoms with Gasteiger partial charge in [0.1, 0.15) is 11.6 Å². The van der Waals surface area contributed by atoms with E-state index in [1.54, 1.807) is 14.0 Å². The zero-order chi connectivity index (χ0) is 15.1. The molecule has 1 atom stereocenters. The van der Waals surface area contributed by atoms with E-state index in [9.17, 15) is 13.2 Å². The van der Waals surface area contributed by atoms with Crippen LogP contribution >= 0.6 is 10.7 Å². The molecule has 1 aliphatic rings. The number of nitrogens with zero attached hydrogens (tertiary/aromatic N) is 4. The smallest absolute Gasteiger partial charge is 0.232 e. The highest BCUT2D eigenvalue weighted by Crippen LogP contribution is 2.30. The summed E-state index contributed by atoms with van der Waals surface area (Å²) in [4.78, 5) is 13.4. The number of nitriles is 1. The van der Waals surface area contributed by atoms with E-state index < -0.39 is 9.05 Å². The number of aryl methyl sites for hydroxylation is 2. The molecule has 1 aromatic rings. The zero-order valence-electron chi connectivity index (χ0n) is 11.0. The lowest BCUT2D eigenvalue weighted by Gasteiger charge is -2.16. The van der Waals surface area contributed by atoms with Crippen LogP contribution in [0, 0.1) is 24.2 Å². The molecule has 2 rings (SSSR count). The topological polar surface area (TPSA) is 96.1 Å². The molecule has 0 aromatic carbocycles. The van der Waals surface area contributed by atoms with Crippen molar-refractivity contribution in [2.24, 2.45) is 13.0 Å². The van der Waals surface area contributed by atoms with Gasteiger partial charge in [-0.2, -0.15) is 10.4 Å². The van der Waals surface area contributed by atoms with E-state index in [2.05, 4.69) is 5.10 Å². The second kappa shape index (κ2) is 5.07. The van der Waals surface area contributed by atoms with E-state index in [-0.39, 0.29) is 30.5 Å². The van der Waals surface area contributed by atoms with Crippen molar-refractivity contribution < 1.29 is 13.2 Å². The van der Waals surface area contributed by atoms with Crippen LogP contribution in [0.15, 0.2) is 0 Å². The van der Waals surface area contributed by atoms with Crippen LogP contribution in [0.25, 0.3) is 0 Å². The van der Waals surface area contributed by atoms with Gasteiger partial charge in [0.2, 0.25) is 15.0 Å². The number of aromatic nitrogens is 2. The zero-order valence-corrected chi connectivity index (χ0v) is 12.6. The summed E-state index contributed by atoms with van der Waals surface area (Å²) in [6.07, 6.45) is 0.0983. The molecule has 1 aliphatic heterocycles. The second-order valence-electron chi connectivity index (χ2n) is 4.80. The Balaban J connectivity index is 2.32. The molecule has 0 N–H and O–H groups in total. The van der Waals surface area contributed by atoms with Crippen molar-refractivity contribution in [1.82, 2.24) is 9.78 Å². The number of hydrogen-bond donors (Lipinski definition) is 0. The number of amides is 1. The van der Waals surface area contributed by atoms with Gasteiger partial charge in [-0.25, -0.2) is 8.42 Å². The third-order valence-corrected chi connectivity index (χ3v) is 4.45. The fraction of sp³-hybridized carbons (Fsp3) is 0.545. The molecule has 1 fully saturated rings. The molecular weight excluding hydrogens is 304 g/mol. The van der Waals surface area contributed by atoms with Gasteiger partial charge in [0.05, 0.1) is 11.4 Å². The van der Waals surface area contributed by atoms with Gasteiger partial charge in [-0.1, -0.05) is 0 Å². The minimum absolute atomic E-state index is 0.0983. The Morgan fingerprint density at radius 2 is 2.20 bits per heavy atom. The van der Waals surface area contributed by atoms with Crippen LogP contribution in [0.3, 0.4) is 0 Å². The summed E-state index contributed by atoms with van der Waals surface area (Å²) in [6.45, 7) is 1.90. The summed E-state index contributed by atoms with van der Waals surface area (Å²) >= 11 is 0. The maximum absolute atomic E-state index is 12.0. The van der Waals surface area contributed by atoms with Crippen molar-refractivity contribution in [2.45, 2.75) is 13.3 Å². The second-order valence-corrected chi connectivity index (χ2v) is 7.62. The Morgan fingerprint density at radius 1 is 1.55 bits per heavy atom. The van der Waals surface area contributed by atoms with Crippen LogP contribution in [-0.4, -0.2) is 36.4 Å². The molecule has 7 nitrogen and oxygen atoms in total. The van der Waals surface area contributed by atoms with Crippen LogP contribution in [0.5, 0.6) is 0 Å². The quantitative estimate of drug-likeness (QED) is 0.757. The highest BCUT2D eigenvalue weighted by molar-refractivity contribution is 8.13. The van der Waals surface area contributed by atoms with Crippen LogP contribution in [-0.2, 0) is 20.9 Å². The van der Waals surface area contributed by atoms with Gasteiger partial charge >= 0.3 is 0 Å². The number of carbonyl (C=O) groups is 1. The number of anilines is 1. The molecule has 1 amide bonds. The molecular formula is C11H13ClN4O3S. The first-order valence-corrected chi connectivity index (χ1v) is 8.37. The van der Waals surface area contributed by atoms with Crippen molar-refractivity contribution in [2.75, 3.05) is 17.2 Å². The number of hydrogen-bond acceptors (Lipinski definition) is 5.